The maximum atomic E-state index is 14.2. The van der Waals surface area contributed by atoms with Crippen LogP contribution >= 0.6 is 11.6 Å². The maximum absolute atomic E-state index is 14.2. The molecule has 2 fully saturated rings. The Morgan fingerprint density at radius 3 is 2.97 bits per heavy atom. The van der Waals surface area contributed by atoms with Gasteiger partial charge in [0.2, 0.25) is 0 Å². The summed E-state index contributed by atoms with van der Waals surface area (Å²) in [7, 11) is 1.60. The lowest BCUT2D eigenvalue weighted by atomic mass is 9.62. The molecule has 1 aromatic carbocycles. The van der Waals surface area contributed by atoms with E-state index in [0.717, 1.165) is 32.5 Å². The van der Waals surface area contributed by atoms with Crippen molar-refractivity contribution in [3.05, 3.63) is 58.1 Å². The van der Waals surface area contributed by atoms with E-state index in [1.54, 1.807) is 29.8 Å². The molecule has 6 rings (SSSR count). The van der Waals surface area contributed by atoms with Crippen LogP contribution in [0.15, 0.2) is 41.7 Å². The lowest BCUT2D eigenvalue weighted by molar-refractivity contribution is -0.117. The van der Waals surface area contributed by atoms with Crippen LogP contribution < -0.4 is 15.6 Å². The molecule has 1 saturated carbocycles. The normalized spacial score (nSPS) is 17.7. The highest BCUT2D eigenvalue weighted by molar-refractivity contribution is 6.35. The van der Waals surface area contributed by atoms with Gasteiger partial charge in [-0.2, -0.15) is 5.10 Å². The smallest absolute Gasteiger partial charge is 0.276 e. The summed E-state index contributed by atoms with van der Waals surface area (Å²) >= 11 is 6.26. The number of rotatable bonds is 6. The lowest BCUT2D eigenvalue weighted by Crippen LogP contribution is -2.65. The largest absolute Gasteiger partial charge is 0.490 e. The molecule has 0 bridgehead atoms. The third-order valence-electron chi connectivity index (χ3n) is 6.88. The van der Waals surface area contributed by atoms with Gasteiger partial charge in [-0.3, -0.25) is 9.20 Å². The highest BCUT2D eigenvalue weighted by atomic mass is 35.5. The van der Waals surface area contributed by atoms with Crippen LogP contribution in [0, 0.1) is 11.2 Å². The zero-order valence-electron chi connectivity index (χ0n) is 18.5. The topological polar surface area (TPSA) is 89.6 Å². The van der Waals surface area contributed by atoms with Gasteiger partial charge in [-0.15, -0.1) is 10.2 Å². The second-order valence-corrected chi connectivity index (χ2v) is 9.73. The fourth-order valence-electron chi connectivity index (χ4n) is 5.20. The minimum absolute atomic E-state index is 0.109. The summed E-state index contributed by atoms with van der Waals surface area (Å²) in [6.07, 6.45) is 6.54. The van der Waals surface area contributed by atoms with Gasteiger partial charge in [0.05, 0.1) is 33.8 Å². The molecule has 4 aromatic rings. The molecule has 1 N–H and O–H groups in total. The number of nitrogens with zero attached hydrogens (tertiary/aromatic N) is 6. The summed E-state index contributed by atoms with van der Waals surface area (Å²) in [4.78, 5) is 14.8. The molecule has 0 atom stereocenters. The standard InChI is InChI=1S/C23H23ClFN7O2/c1-30-22(33)21-15(9-28-30)19(3-2-16(21)24)34-14-7-23(8-14)11-31(12-23)5-4-26-18-6-20-29-27-13-32(20)10-17(18)25/h2-3,6,9-10,13-14,26H,4-5,7-8,11-12H2,1H3. The minimum Gasteiger partial charge on any atom is -0.490 e. The number of fused-ring (bicyclic) bond motifs is 2. The Morgan fingerprint density at radius 2 is 2.15 bits per heavy atom. The van der Waals surface area contributed by atoms with Gasteiger partial charge in [0.25, 0.3) is 5.56 Å². The first kappa shape index (κ1) is 21.3. The first-order valence-corrected chi connectivity index (χ1v) is 11.5. The summed E-state index contributed by atoms with van der Waals surface area (Å²) in [5.41, 5.74) is 1.10. The van der Waals surface area contributed by atoms with Gasteiger partial charge in [-0.25, -0.2) is 9.07 Å². The fourth-order valence-corrected chi connectivity index (χ4v) is 5.44. The molecule has 11 heteroatoms. The van der Waals surface area contributed by atoms with Crippen molar-refractivity contribution in [2.75, 3.05) is 31.5 Å². The molecule has 0 radical (unpaired) electrons. The van der Waals surface area contributed by atoms with Crippen LogP contribution in [0.25, 0.3) is 16.4 Å². The molecule has 9 nitrogen and oxygen atoms in total. The average molecular weight is 484 g/mol. The molecule has 2 aliphatic rings. The Labute approximate surface area is 199 Å². The number of pyridine rings is 1. The summed E-state index contributed by atoms with van der Waals surface area (Å²) in [6, 6.07) is 5.18. The van der Waals surface area contributed by atoms with Crippen LogP contribution in [0.5, 0.6) is 5.75 Å². The Bertz CT molecular complexity index is 1460. The van der Waals surface area contributed by atoms with Crippen LogP contribution in [-0.2, 0) is 7.05 Å². The Balaban J connectivity index is 1.01. The van der Waals surface area contributed by atoms with Crippen LogP contribution in [0.4, 0.5) is 10.1 Å². The van der Waals surface area contributed by atoms with E-state index in [-0.39, 0.29) is 22.9 Å². The summed E-state index contributed by atoms with van der Waals surface area (Å²) in [5, 5.41) is 16.5. The minimum atomic E-state index is -0.325. The van der Waals surface area contributed by atoms with Crippen molar-refractivity contribution in [2.45, 2.75) is 18.9 Å². The first-order chi connectivity index (χ1) is 16.4. The number of nitrogens with one attached hydrogen (secondary N) is 1. The number of benzene rings is 1. The van der Waals surface area contributed by atoms with Crippen LogP contribution in [0.2, 0.25) is 5.02 Å². The van der Waals surface area contributed by atoms with Gasteiger partial charge in [-0.05, 0) is 25.0 Å². The van der Waals surface area contributed by atoms with Crippen molar-refractivity contribution in [1.82, 2.24) is 29.3 Å². The zero-order chi connectivity index (χ0) is 23.4. The van der Waals surface area contributed by atoms with E-state index in [0.29, 0.717) is 39.4 Å². The molecular formula is C23H23ClFN7O2. The molecule has 0 amide bonds. The molecule has 34 heavy (non-hydrogen) atoms. The van der Waals surface area contributed by atoms with Gasteiger partial charge < -0.3 is 15.0 Å². The molecule has 1 saturated heterocycles. The highest BCUT2D eigenvalue weighted by Gasteiger charge is 2.53. The van der Waals surface area contributed by atoms with Gasteiger partial charge in [0.1, 0.15) is 12.1 Å². The highest BCUT2D eigenvalue weighted by Crippen LogP contribution is 2.50. The van der Waals surface area contributed by atoms with Crippen molar-refractivity contribution in [3.8, 4) is 5.75 Å². The molecule has 3 aromatic heterocycles. The summed E-state index contributed by atoms with van der Waals surface area (Å²) in [5.74, 6) is 0.325. The van der Waals surface area contributed by atoms with Crippen molar-refractivity contribution in [3.63, 3.8) is 0 Å². The number of anilines is 1. The molecule has 4 heterocycles. The summed E-state index contributed by atoms with van der Waals surface area (Å²) < 4.78 is 23.2. The fraction of sp³-hybridized carbons (Fsp3) is 0.391. The number of aryl methyl sites for hydroxylation is 1. The number of halogens is 2. The quantitative estimate of drug-likeness (QED) is 0.451. The van der Waals surface area contributed by atoms with E-state index < -0.39 is 0 Å². The number of ether oxygens (including phenoxy) is 1. The Hall–Kier alpha value is -3.24. The van der Waals surface area contributed by atoms with Gasteiger partial charge >= 0.3 is 0 Å². The molecule has 1 aliphatic heterocycles. The van der Waals surface area contributed by atoms with E-state index in [1.807, 2.05) is 6.07 Å². The zero-order valence-corrected chi connectivity index (χ0v) is 19.3. The SMILES string of the molecule is Cn1ncc2c(OC3CC4(C3)CN(CCNc3cc5nncn5cc3F)C4)ccc(Cl)c2c1=O. The first-order valence-electron chi connectivity index (χ1n) is 11.2. The molecular weight excluding hydrogens is 461 g/mol. The third-order valence-corrected chi connectivity index (χ3v) is 7.20. The van der Waals surface area contributed by atoms with E-state index in [2.05, 4.69) is 25.5 Å². The lowest BCUT2D eigenvalue weighted by Gasteiger charge is -2.58. The monoisotopic (exact) mass is 483 g/mol. The van der Waals surface area contributed by atoms with Gasteiger partial charge in [0.15, 0.2) is 11.5 Å². The predicted octanol–water partition coefficient (Wildman–Crippen LogP) is 2.72. The van der Waals surface area contributed by atoms with Gasteiger partial charge in [0, 0.05) is 50.9 Å². The van der Waals surface area contributed by atoms with Crippen LogP contribution in [0.3, 0.4) is 0 Å². The van der Waals surface area contributed by atoms with E-state index in [1.165, 1.54) is 17.2 Å². The van der Waals surface area contributed by atoms with E-state index >= 15 is 0 Å². The Morgan fingerprint density at radius 1 is 1.32 bits per heavy atom. The third kappa shape index (κ3) is 3.57. The van der Waals surface area contributed by atoms with Crippen molar-refractivity contribution >= 4 is 33.7 Å². The maximum Gasteiger partial charge on any atom is 0.276 e. The number of hydrogen-bond donors (Lipinski definition) is 1. The van der Waals surface area contributed by atoms with Crippen molar-refractivity contribution < 1.29 is 9.13 Å². The molecule has 1 aliphatic carbocycles. The van der Waals surface area contributed by atoms with E-state index in [9.17, 15) is 9.18 Å². The number of hydrogen-bond acceptors (Lipinski definition) is 7. The molecule has 0 unspecified atom stereocenters. The van der Waals surface area contributed by atoms with Crippen LogP contribution in [0.1, 0.15) is 12.8 Å². The number of likely N-dealkylation sites (tertiary alicyclic amines) is 1. The van der Waals surface area contributed by atoms with Gasteiger partial charge in [-0.1, -0.05) is 11.6 Å². The molecule has 1 spiro atoms. The van der Waals surface area contributed by atoms with Crippen LogP contribution in [-0.4, -0.2) is 61.6 Å². The Kier molecular flexibility index (Phi) is 4.96. The van der Waals surface area contributed by atoms with Crippen molar-refractivity contribution in [1.29, 1.82) is 0 Å². The van der Waals surface area contributed by atoms with E-state index in [4.69, 9.17) is 16.3 Å². The number of aromatic nitrogens is 5. The second-order valence-electron chi connectivity index (χ2n) is 9.32. The second kappa shape index (κ2) is 7.92. The average Bonchev–Trinajstić information content (AvgIpc) is 3.21. The van der Waals surface area contributed by atoms with Crippen molar-refractivity contribution in [2.24, 2.45) is 12.5 Å². The predicted molar refractivity (Wildman–Crippen MR) is 126 cm³/mol. The molecule has 176 valence electrons. The summed E-state index contributed by atoms with van der Waals surface area (Å²) in [6.45, 7) is 3.49.